The van der Waals surface area contributed by atoms with Gasteiger partial charge in [0, 0.05) is 24.4 Å². The summed E-state index contributed by atoms with van der Waals surface area (Å²) in [6, 6.07) is 9.27. The molecule has 0 aliphatic carbocycles. The third-order valence-corrected chi connectivity index (χ3v) is 5.45. The van der Waals surface area contributed by atoms with Crippen LogP contribution in [0, 0.1) is 6.92 Å². The maximum absolute atomic E-state index is 8.88. The van der Waals surface area contributed by atoms with Gasteiger partial charge in [-0.2, -0.15) is 0 Å². The van der Waals surface area contributed by atoms with E-state index >= 15 is 0 Å². The van der Waals surface area contributed by atoms with Crippen LogP contribution in [0.1, 0.15) is 25.3 Å². The zero-order chi connectivity index (χ0) is 25.5. The highest BCUT2D eigenvalue weighted by Gasteiger charge is 2.19. The van der Waals surface area contributed by atoms with Crippen LogP contribution >= 0.6 is 31.0 Å². The van der Waals surface area contributed by atoms with Gasteiger partial charge in [-0.1, -0.05) is 23.2 Å². The minimum absolute atomic E-state index is 0.246. The molecule has 12 heteroatoms. The zero-order valence-corrected chi connectivity index (χ0v) is 21.4. The number of phosphoric acid groups is 1. The van der Waals surface area contributed by atoms with Crippen molar-refractivity contribution in [3.05, 3.63) is 52.1 Å². The minimum Gasteiger partial charge on any atom is -0.493 e. The number of methoxy groups -OCH3 is 1. The van der Waals surface area contributed by atoms with Crippen molar-refractivity contribution in [2.24, 2.45) is 5.73 Å². The third-order valence-electron chi connectivity index (χ3n) is 4.71. The van der Waals surface area contributed by atoms with Gasteiger partial charge in [0.1, 0.15) is 5.75 Å². The van der Waals surface area contributed by atoms with Crippen LogP contribution in [-0.2, 0) is 4.57 Å². The molecule has 9 nitrogen and oxygen atoms in total. The fourth-order valence-corrected chi connectivity index (χ4v) is 3.51. The average Bonchev–Trinajstić information content (AvgIpc) is 2.75. The molecule has 0 aliphatic heterocycles. The fraction of sp³-hybridized carbons (Fsp3) is 0.318. The van der Waals surface area contributed by atoms with Crippen molar-refractivity contribution >= 4 is 47.6 Å². The lowest BCUT2D eigenvalue weighted by Gasteiger charge is -2.20. The smallest absolute Gasteiger partial charge is 0.466 e. The number of anilines is 1. The van der Waals surface area contributed by atoms with Crippen molar-refractivity contribution < 1.29 is 28.7 Å². The highest BCUT2D eigenvalue weighted by Crippen LogP contribution is 2.44. The number of hydrogen-bond donors (Lipinski definition) is 5. The van der Waals surface area contributed by atoms with E-state index in [2.05, 4.69) is 17.2 Å². The van der Waals surface area contributed by atoms with Crippen molar-refractivity contribution in [1.82, 2.24) is 4.98 Å². The summed E-state index contributed by atoms with van der Waals surface area (Å²) in [6.45, 7) is 4.82. The van der Waals surface area contributed by atoms with Crippen LogP contribution in [-0.4, -0.2) is 39.4 Å². The first-order chi connectivity index (χ1) is 15.9. The predicted molar refractivity (Wildman–Crippen MR) is 135 cm³/mol. The number of ether oxygens (including phenoxy) is 2. The Bertz CT molecular complexity index is 1170. The average molecular weight is 532 g/mol. The van der Waals surface area contributed by atoms with E-state index in [1.165, 1.54) is 0 Å². The van der Waals surface area contributed by atoms with Crippen molar-refractivity contribution in [3.63, 3.8) is 0 Å². The van der Waals surface area contributed by atoms with Gasteiger partial charge in [0.15, 0.2) is 11.5 Å². The number of pyridine rings is 1. The molecule has 1 atom stereocenters. The molecular formula is C22H28Cl2N3O6P. The molecule has 186 valence electrons. The standard InChI is InChI=1S/C22H25Cl2N3O2.H3O4P/c1-13-8-10-26-21-18(27-14(2)5-4-9-25)12-19(28-3)22(20(13)21)29-15-6-7-16(23)17(24)11-15;1-5(2,3)4/h6-8,10-12,14,27H,4-5,9,25H2,1-3H3;(H3,1,2,3,4). The van der Waals surface area contributed by atoms with Gasteiger partial charge in [-0.05, 0) is 57.0 Å². The second-order valence-electron chi connectivity index (χ2n) is 7.47. The summed E-state index contributed by atoms with van der Waals surface area (Å²) in [6.07, 6.45) is 3.71. The predicted octanol–water partition coefficient (Wildman–Crippen LogP) is 5.26. The molecule has 0 aliphatic rings. The molecule has 3 aromatic rings. The molecule has 0 saturated carbocycles. The first-order valence-corrected chi connectivity index (χ1v) is 12.6. The molecule has 0 fully saturated rings. The topological polar surface area (TPSA) is 147 Å². The number of nitrogens with two attached hydrogens (primary N) is 1. The fourth-order valence-electron chi connectivity index (χ4n) is 3.22. The summed E-state index contributed by atoms with van der Waals surface area (Å²) >= 11 is 12.2. The Labute approximate surface area is 208 Å². The number of hydrogen-bond acceptors (Lipinski definition) is 6. The van der Waals surface area contributed by atoms with E-state index in [0.29, 0.717) is 33.8 Å². The molecule has 1 heterocycles. The van der Waals surface area contributed by atoms with E-state index in [1.807, 2.05) is 19.1 Å². The summed E-state index contributed by atoms with van der Waals surface area (Å²) in [5.41, 5.74) is 8.39. The Balaban J connectivity index is 0.000000739. The Kier molecular flexibility index (Phi) is 10.4. The Hall–Kier alpha value is -2.10. The lowest BCUT2D eigenvalue weighted by atomic mass is 10.1. The lowest BCUT2D eigenvalue weighted by Crippen LogP contribution is -2.17. The van der Waals surface area contributed by atoms with E-state index < -0.39 is 7.82 Å². The number of aryl methyl sites for hydroxylation is 1. The first kappa shape index (κ1) is 28.1. The molecule has 0 bridgehead atoms. The van der Waals surface area contributed by atoms with E-state index in [-0.39, 0.29) is 6.04 Å². The molecule has 2 aromatic carbocycles. The van der Waals surface area contributed by atoms with Crippen molar-refractivity contribution in [3.8, 4) is 17.2 Å². The van der Waals surface area contributed by atoms with E-state index in [4.69, 9.17) is 57.7 Å². The van der Waals surface area contributed by atoms with Gasteiger partial charge in [0.05, 0.1) is 33.7 Å². The van der Waals surface area contributed by atoms with Gasteiger partial charge in [0.2, 0.25) is 0 Å². The monoisotopic (exact) mass is 531 g/mol. The molecule has 1 unspecified atom stereocenters. The molecule has 1 aromatic heterocycles. The zero-order valence-electron chi connectivity index (χ0n) is 19.0. The Morgan fingerprint density at radius 2 is 1.85 bits per heavy atom. The molecule has 0 spiro atoms. The SMILES string of the molecule is COc1cc(NC(C)CCCN)c2nccc(C)c2c1Oc1ccc(Cl)c(Cl)c1.O=P(O)(O)O. The normalized spacial score (nSPS) is 12.0. The van der Waals surface area contributed by atoms with Crippen LogP contribution in [0.5, 0.6) is 17.2 Å². The second-order valence-corrected chi connectivity index (χ2v) is 9.32. The quantitative estimate of drug-likeness (QED) is 0.245. The van der Waals surface area contributed by atoms with Gasteiger partial charge in [0.25, 0.3) is 0 Å². The van der Waals surface area contributed by atoms with Crippen molar-refractivity contribution in [2.75, 3.05) is 19.0 Å². The van der Waals surface area contributed by atoms with Gasteiger partial charge in [-0.15, -0.1) is 0 Å². The molecular weight excluding hydrogens is 504 g/mol. The van der Waals surface area contributed by atoms with Crippen LogP contribution in [0.15, 0.2) is 36.5 Å². The van der Waals surface area contributed by atoms with Crippen LogP contribution in [0.3, 0.4) is 0 Å². The van der Waals surface area contributed by atoms with Gasteiger partial charge < -0.3 is 35.2 Å². The van der Waals surface area contributed by atoms with Crippen molar-refractivity contribution in [2.45, 2.75) is 32.7 Å². The summed E-state index contributed by atoms with van der Waals surface area (Å²) in [4.78, 5) is 26.2. The van der Waals surface area contributed by atoms with Crippen LogP contribution in [0.25, 0.3) is 10.9 Å². The number of benzene rings is 2. The summed E-state index contributed by atoms with van der Waals surface area (Å²) in [7, 11) is -3.02. The van der Waals surface area contributed by atoms with Gasteiger partial charge >= 0.3 is 7.82 Å². The lowest BCUT2D eigenvalue weighted by molar-refractivity contribution is 0.275. The molecule has 3 rings (SSSR count). The summed E-state index contributed by atoms with van der Waals surface area (Å²) in [5, 5.41) is 5.32. The third kappa shape index (κ3) is 8.29. The van der Waals surface area contributed by atoms with Crippen LogP contribution in [0.4, 0.5) is 5.69 Å². The maximum Gasteiger partial charge on any atom is 0.466 e. The summed E-state index contributed by atoms with van der Waals surface area (Å²) < 4.78 is 20.8. The first-order valence-electron chi connectivity index (χ1n) is 10.3. The number of aromatic nitrogens is 1. The number of rotatable bonds is 8. The van der Waals surface area contributed by atoms with E-state index in [9.17, 15) is 0 Å². The van der Waals surface area contributed by atoms with Gasteiger partial charge in [-0.25, -0.2) is 4.57 Å². The number of halogens is 2. The highest BCUT2D eigenvalue weighted by molar-refractivity contribution is 7.45. The van der Waals surface area contributed by atoms with E-state index in [1.54, 1.807) is 31.5 Å². The van der Waals surface area contributed by atoms with E-state index in [0.717, 1.165) is 35.0 Å². The van der Waals surface area contributed by atoms with Crippen molar-refractivity contribution in [1.29, 1.82) is 0 Å². The molecule has 6 N–H and O–H groups in total. The number of nitrogens with one attached hydrogen (secondary N) is 1. The molecule has 0 saturated heterocycles. The number of nitrogens with zero attached hydrogens (tertiary/aromatic N) is 1. The van der Waals surface area contributed by atoms with Gasteiger partial charge in [-0.3, -0.25) is 4.98 Å². The van der Waals surface area contributed by atoms with Crippen LogP contribution < -0.4 is 20.5 Å². The highest BCUT2D eigenvalue weighted by atomic mass is 35.5. The van der Waals surface area contributed by atoms with Crippen LogP contribution in [0.2, 0.25) is 10.0 Å². The Morgan fingerprint density at radius 1 is 1.18 bits per heavy atom. The molecule has 34 heavy (non-hydrogen) atoms. The minimum atomic E-state index is -4.64. The second kappa shape index (κ2) is 12.6. The number of fused-ring (bicyclic) bond motifs is 1. The Morgan fingerprint density at radius 3 is 2.44 bits per heavy atom. The summed E-state index contributed by atoms with van der Waals surface area (Å²) in [5.74, 6) is 1.76. The molecule has 0 amide bonds. The molecule has 0 radical (unpaired) electrons. The maximum atomic E-state index is 8.88. The largest absolute Gasteiger partial charge is 0.493 e.